The summed E-state index contributed by atoms with van der Waals surface area (Å²) in [6.07, 6.45) is 1.96. The molecule has 0 N–H and O–H groups in total. The van der Waals surface area contributed by atoms with E-state index in [-0.39, 0.29) is 5.83 Å². The molecule has 1 heteroatoms. The van der Waals surface area contributed by atoms with Gasteiger partial charge in [-0.15, -0.1) is 0 Å². The molecule has 0 saturated carbocycles. The van der Waals surface area contributed by atoms with Crippen LogP contribution in [0.1, 0.15) is 47.5 Å². The molecule has 0 radical (unpaired) electrons. The Bertz CT molecular complexity index is 250. The first kappa shape index (κ1) is 11.5. The molecule has 14 heavy (non-hydrogen) atoms. The normalized spacial score (nSPS) is 18.9. The lowest BCUT2D eigenvalue weighted by atomic mass is 9.82. The molecule has 0 unspecified atom stereocenters. The first-order valence-corrected chi connectivity index (χ1v) is 5.53. The standard InChI is InChI=1S/C13H21F/c1-8(2)11-6-7-12(9(3)4)13(14)10(11)5/h8-9H,6-7H2,1-5H3. The number of rotatable bonds is 2. The van der Waals surface area contributed by atoms with Gasteiger partial charge in [-0.1, -0.05) is 33.3 Å². The lowest BCUT2D eigenvalue weighted by Crippen LogP contribution is -2.09. The summed E-state index contributed by atoms with van der Waals surface area (Å²) in [5.41, 5.74) is 3.20. The van der Waals surface area contributed by atoms with E-state index in [2.05, 4.69) is 27.7 Å². The van der Waals surface area contributed by atoms with Gasteiger partial charge in [0.2, 0.25) is 0 Å². The summed E-state index contributed by atoms with van der Waals surface area (Å²) < 4.78 is 13.9. The zero-order valence-corrected chi connectivity index (χ0v) is 9.95. The molecule has 1 rings (SSSR count). The highest BCUT2D eigenvalue weighted by Crippen LogP contribution is 2.37. The van der Waals surface area contributed by atoms with Crippen LogP contribution in [0.3, 0.4) is 0 Å². The van der Waals surface area contributed by atoms with Crippen LogP contribution < -0.4 is 0 Å². The lowest BCUT2D eigenvalue weighted by molar-refractivity contribution is 0.548. The minimum atomic E-state index is 0.0648. The highest BCUT2D eigenvalue weighted by Gasteiger charge is 2.21. The van der Waals surface area contributed by atoms with E-state index in [0.717, 1.165) is 24.0 Å². The molecule has 0 aromatic rings. The van der Waals surface area contributed by atoms with Crippen LogP contribution in [0.2, 0.25) is 0 Å². The number of hydrogen-bond acceptors (Lipinski definition) is 0. The lowest BCUT2D eigenvalue weighted by Gasteiger charge is -2.24. The van der Waals surface area contributed by atoms with Crippen molar-refractivity contribution in [3.8, 4) is 0 Å². The topological polar surface area (TPSA) is 0 Å². The molecule has 0 nitrogen and oxygen atoms in total. The van der Waals surface area contributed by atoms with Crippen molar-refractivity contribution in [3.63, 3.8) is 0 Å². The van der Waals surface area contributed by atoms with Crippen LogP contribution in [0, 0.1) is 11.8 Å². The van der Waals surface area contributed by atoms with E-state index in [9.17, 15) is 4.39 Å². The zero-order valence-electron chi connectivity index (χ0n) is 9.95. The maximum Gasteiger partial charge on any atom is 0.125 e. The Kier molecular flexibility index (Phi) is 3.52. The maximum atomic E-state index is 13.9. The Morgan fingerprint density at radius 3 is 1.79 bits per heavy atom. The molecule has 0 aliphatic heterocycles. The Labute approximate surface area is 86.9 Å². The number of hydrogen-bond donors (Lipinski definition) is 0. The molecule has 0 aromatic heterocycles. The fraction of sp³-hybridized carbons (Fsp3) is 0.692. The minimum Gasteiger partial charge on any atom is -0.207 e. The van der Waals surface area contributed by atoms with Gasteiger partial charge in [-0.2, -0.15) is 0 Å². The summed E-state index contributed by atoms with van der Waals surface area (Å²) in [6, 6.07) is 0. The van der Waals surface area contributed by atoms with Crippen molar-refractivity contribution in [2.45, 2.75) is 47.5 Å². The molecule has 0 spiro atoms. The zero-order chi connectivity index (χ0) is 10.9. The van der Waals surface area contributed by atoms with Gasteiger partial charge in [0, 0.05) is 0 Å². The summed E-state index contributed by atoms with van der Waals surface area (Å²) >= 11 is 0. The second kappa shape index (κ2) is 4.29. The highest BCUT2D eigenvalue weighted by atomic mass is 19.1. The second-order valence-electron chi connectivity index (χ2n) is 4.80. The smallest absolute Gasteiger partial charge is 0.125 e. The van der Waals surface area contributed by atoms with Crippen molar-refractivity contribution in [2.24, 2.45) is 11.8 Å². The highest BCUT2D eigenvalue weighted by molar-refractivity contribution is 5.38. The van der Waals surface area contributed by atoms with E-state index in [1.165, 1.54) is 5.57 Å². The average molecular weight is 196 g/mol. The molecule has 0 saturated heterocycles. The summed E-state index contributed by atoms with van der Waals surface area (Å²) in [4.78, 5) is 0. The van der Waals surface area contributed by atoms with Crippen molar-refractivity contribution in [1.82, 2.24) is 0 Å². The summed E-state index contributed by atoms with van der Waals surface area (Å²) in [5.74, 6) is 0.892. The summed E-state index contributed by atoms with van der Waals surface area (Å²) in [7, 11) is 0. The SMILES string of the molecule is CC1=C(C(C)C)CCC(C(C)C)=C1F. The van der Waals surface area contributed by atoms with Crippen LogP contribution in [0.4, 0.5) is 4.39 Å². The molecule has 0 aromatic carbocycles. The Morgan fingerprint density at radius 1 is 0.929 bits per heavy atom. The second-order valence-corrected chi connectivity index (χ2v) is 4.80. The van der Waals surface area contributed by atoms with Crippen molar-refractivity contribution >= 4 is 0 Å². The largest absolute Gasteiger partial charge is 0.207 e. The van der Waals surface area contributed by atoms with Crippen LogP contribution in [-0.2, 0) is 0 Å². The minimum absolute atomic E-state index is 0.0648. The van der Waals surface area contributed by atoms with E-state index in [0.29, 0.717) is 11.8 Å². The average Bonchev–Trinajstić information content (AvgIpc) is 2.08. The van der Waals surface area contributed by atoms with E-state index < -0.39 is 0 Å². The third kappa shape index (κ3) is 2.08. The van der Waals surface area contributed by atoms with Crippen LogP contribution in [0.25, 0.3) is 0 Å². The quantitative estimate of drug-likeness (QED) is 0.604. The van der Waals surface area contributed by atoms with Crippen LogP contribution in [0.5, 0.6) is 0 Å². The van der Waals surface area contributed by atoms with Crippen molar-refractivity contribution < 1.29 is 4.39 Å². The van der Waals surface area contributed by atoms with Crippen LogP contribution >= 0.6 is 0 Å². The van der Waals surface area contributed by atoms with E-state index >= 15 is 0 Å². The molecule has 0 heterocycles. The molecule has 80 valence electrons. The Morgan fingerprint density at radius 2 is 1.36 bits per heavy atom. The summed E-state index contributed by atoms with van der Waals surface area (Å²) in [6.45, 7) is 10.4. The molecular formula is C13H21F. The van der Waals surface area contributed by atoms with Gasteiger partial charge in [-0.3, -0.25) is 0 Å². The van der Waals surface area contributed by atoms with Gasteiger partial charge < -0.3 is 0 Å². The fourth-order valence-electron chi connectivity index (χ4n) is 2.21. The van der Waals surface area contributed by atoms with Crippen molar-refractivity contribution in [1.29, 1.82) is 0 Å². The molecule has 0 atom stereocenters. The molecule has 1 aliphatic carbocycles. The molecule has 0 bridgehead atoms. The number of halogens is 1. The van der Waals surface area contributed by atoms with Gasteiger partial charge in [0.15, 0.2) is 0 Å². The van der Waals surface area contributed by atoms with Gasteiger partial charge in [-0.25, -0.2) is 4.39 Å². The van der Waals surface area contributed by atoms with Gasteiger partial charge in [0.25, 0.3) is 0 Å². The first-order valence-electron chi connectivity index (χ1n) is 5.53. The monoisotopic (exact) mass is 196 g/mol. The predicted molar refractivity (Wildman–Crippen MR) is 59.7 cm³/mol. The van der Waals surface area contributed by atoms with E-state index in [1.807, 2.05) is 6.92 Å². The van der Waals surface area contributed by atoms with Gasteiger partial charge in [0.1, 0.15) is 5.83 Å². The van der Waals surface area contributed by atoms with Crippen molar-refractivity contribution in [3.05, 3.63) is 22.5 Å². The van der Waals surface area contributed by atoms with Gasteiger partial charge in [0.05, 0.1) is 0 Å². The molecule has 0 fully saturated rings. The first-order chi connectivity index (χ1) is 6.45. The van der Waals surface area contributed by atoms with Gasteiger partial charge >= 0.3 is 0 Å². The molecule has 0 amide bonds. The number of allylic oxidation sites excluding steroid dienone is 4. The molecular weight excluding hydrogens is 175 g/mol. The maximum absolute atomic E-state index is 13.9. The fourth-order valence-corrected chi connectivity index (χ4v) is 2.21. The third-order valence-electron chi connectivity index (χ3n) is 3.15. The molecule has 1 aliphatic rings. The Hall–Kier alpha value is -0.590. The van der Waals surface area contributed by atoms with Crippen molar-refractivity contribution in [2.75, 3.05) is 0 Å². The van der Waals surface area contributed by atoms with Gasteiger partial charge in [-0.05, 0) is 42.7 Å². The Balaban J connectivity index is 3.07. The van der Waals surface area contributed by atoms with E-state index in [1.54, 1.807) is 0 Å². The van der Waals surface area contributed by atoms with E-state index in [4.69, 9.17) is 0 Å². The predicted octanol–water partition coefficient (Wildman–Crippen LogP) is 4.63. The third-order valence-corrected chi connectivity index (χ3v) is 3.15. The van der Waals surface area contributed by atoms with Crippen LogP contribution in [0.15, 0.2) is 22.5 Å². The van der Waals surface area contributed by atoms with Crippen LogP contribution in [-0.4, -0.2) is 0 Å². The summed E-state index contributed by atoms with van der Waals surface area (Å²) in [5, 5.41) is 0.